The molecule has 1 aromatic heterocycles. The van der Waals surface area contributed by atoms with Gasteiger partial charge in [0, 0.05) is 17.1 Å². The summed E-state index contributed by atoms with van der Waals surface area (Å²) >= 11 is 6.15. The number of halogens is 1. The van der Waals surface area contributed by atoms with Crippen molar-refractivity contribution in [2.75, 3.05) is 4.72 Å². The molecule has 0 aliphatic heterocycles. The largest absolute Gasteiger partial charge is 0.322 e. The second-order valence-electron chi connectivity index (χ2n) is 5.62. The third-order valence-corrected chi connectivity index (χ3v) is 5.51. The Hall–Kier alpha value is -2.31. The third-order valence-electron chi connectivity index (χ3n) is 3.66. The van der Waals surface area contributed by atoms with Gasteiger partial charge in [-0.25, -0.2) is 8.42 Å². The molecule has 2 aromatic carbocycles. The molecule has 0 aliphatic rings. The Morgan fingerprint density at radius 2 is 1.83 bits per heavy atom. The number of pyridine rings is 1. The van der Waals surface area contributed by atoms with Crippen molar-refractivity contribution in [1.82, 2.24) is 4.98 Å². The lowest BCUT2D eigenvalue weighted by molar-refractivity contribution is 0.601. The first-order valence-corrected chi connectivity index (χ1v) is 9.05. The van der Waals surface area contributed by atoms with Crippen LogP contribution >= 0.6 is 11.6 Å². The minimum atomic E-state index is -3.85. The van der Waals surface area contributed by atoms with Gasteiger partial charge in [0.25, 0.3) is 10.0 Å². The van der Waals surface area contributed by atoms with Crippen LogP contribution in [0.2, 0.25) is 5.02 Å². The van der Waals surface area contributed by atoms with Crippen molar-refractivity contribution >= 4 is 38.2 Å². The summed E-state index contributed by atoms with van der Waals surface area (Å²) < 4.78 is 27.9. The van der Waals surface area contributed by atoms with Crippen LogP contribution in [0.5, 0.6) is 0 Å². The van der Waals surface area contributed by atoms with Crippen LogP contribution in [0.4, 0.5) is 5.69 Å². The first-order valence-electron chi connectivity index (χ1n) is 7.19. The average molecular weight is 363 g/mol. The van der Waals surface area contributed by atoms with E-state index in [1.54, 1.807) is 25.1 Å². The molecule has 0 amide bonds. The van der Waals surface area contributed by atoms with E-state index >= 15 is 0 Å². The van der Waals surface area contributed by atoms with Gasteiger partial charge in [-0.2, -0.15) is 0 Å². The normalized spacial score (nSPS) is 11.6. The molecule has 0 radical (unpaired) electrons. The number of rotatable bonds is 3. The number of benzene rings is 2. The van der Waals surface area contributed by atoms with Crippen LogP contribution in [0.3, 0.4) is 0 Å². The first-order chi connectivity index (χ1) is 11.3. The fraction of sp³-hybridized carbons (Fsp3) is 0.118. The second-order valence-corrected chi connectivity index (χ2v) is 7.68. The molecule has 0 fully saturated rings. The van der Waals surface area contributed by atoms with Crippen molar-refractivity contribution < 1.29 is 8.42 Å². The fourth-order valence-electron chi connectivity index (χ4n) is 2.55. The van der Waals surface area contributed by atoms with Crippen LogP contribution in [-0.4, -0.2) is 13.4 Å². The molecular formula is C17H15ClN2O3S. The Morgan fingerprint density at radius 3 is 2.54 bits per heavy atom. The molecule has 0 spiro atoms. The summed E-state index contributed by atoms with van der Waals surface area (Å²) in [6, 6.07) is 11.4. The zero-order chi connectivity index (χ0) is 17.5. The van der Waals surface area contributed by atoms with E-state index in [9.17, 15) is 13.2 Å². The highest BCUT2D eigenvalue weighted by molar-refractivity contribution is 7.92. The van der Waals surface area contributed by atoms with Crippen molar-refractivity contribution in [3.05, 3.63) is 69.0 Å². The number of nitrogens with one attached hydrogen (secondary N) is 2. The standard InChI is InChI=1S/C17H15ClN2O3S/c1-10-4-3-5-12(6-10)20-24(22,23)16-8-13-11(2)7-17(21)19-15(13)9-14(16)18/h3-9,20H,1-2H3,(H,19,21). The van der Waals surface area contributed by atoms with E-state index in [0.29, 0.717) is 22.2 Å². The Labute approximate surface area is 144 Å². The van der Waals surface area contributed by atoms with Crippen molar-refractivity contribution in [3.63, 3.8) is 0 Å². The molecule has 3 aromatic rings. The van der Waals surface area contributed by atoms with Crippen molar-refractivity contribution in [3.8, 4) is 0 Å². The third kappa shape index (κ3) is 3.16. The van der Waals surface area contributed by atoms with Crippen LogP contribution in [0.25, 0.3) is 10.9 Å². The van der Waals surface area contributed by atoms with E-state index in [0.717, 1.165) is 5.56 Å². The molecule has 0 atom stereocenters. The number of aryl methyl sites for hydroxylation is 2. The van der Waals surface area contributed by atoms with Gasteiger partial charge >= 0.3 is 0 Å². The summed E-state index contributed by atoms with van der Waals surface area (Å²) in [6.07, 6.45) is 0. The van der Waals surface area contributed by atoms with Gasteiger partial charge < -0.3 is 4.98 Å². The predicted molar refractivity (Wildman–Crippen MR) is 96.3 cm³/mol. The van der Waals surface area contributed by atoms with E-state index in [4.69, 9.17) is 11.6 Å². The number of fused-ring (bicyclic) bond motifs is 1. The van der Waals surface area contributed by atoms with E-state index in [-0.39, 0.29) is 15.5 Å². The molecule has 0 unspecified atom stereocenters. The maximum atomic E-state index is 12.7. The van der Waals surface area contributed by atoms with E-state index in [1.807, 2.05) is 13.0 Å². The summed E-state index contributed by atoms with van der Waals surface area (Å²) in [5.41, 5.74) is 2.32. The number of sulfonamides is 1. The van der Waals surface area contributed by atoms with E-state index < -0.39 is 10.0 Å². The van der Waals surface area contributed by atoms with Crippen LogP contribution < -0.4 is 10.3 Å². The molecule has 0 aliphatic carbocycles. The fourth-order valence-corrected chi connectivity index (χ4v) is 4.16. The summed E-state index contributed by atoms with van der Waals surface area (Å²) in [5, 5.41) is 0.674. The van der Waals surface area contributed by atoms with Crippen molar-refractivity contribution in [1.29, 1.82) is 0 Å². The van der Waals surface area contributed by atoms with Gasteiger partial charge in [0.2, 0.25) is 5.56 Å². The highest BCUT2D eigenvalue weighted by Crippen LogP contribution is 2.29. The Morgan fingerprint density at radius 1 is 1.08 bits per heavy atom. The molecule has 0 bridgehead atoms. The quantitative estimate of drug-likeness (QED) is 0.747. The molecule has 5 nitrogen and oxygen atoms in total. The summed E-state index contributed by atoms with van der Waals surface area (Å²) in [5.74, 6) is 0. The minimum absolute atomic E-state index is 0.0340. The molecule has 0 saturated carbocycles. The smallest absolute Gasteiger partial charge is 0.263 e. The number of H-pyrrole nitrogens is 1. The lowest BCUT2D eigenvalue weighted by Gasteiger charge is -2.12. The lowest BCUT2D eigenvalue weighted by Crippen LogP contribution is -2.14. The van der Waals surface area contributed by atoms with Crippen LogP contribution in [-0.2, 0) is 10.0 Å². The van der Waals surface area contributed by atoms with Gasteiger partial charge in [0.1, 0.15) is 4.90 Å². The molecule has 24 heavy (non-hydrogen) atoms. The molecule has 7 heteroatoms. The molecule has 1 heterocycles. The summed E-state index contributed by atoms with van der Waals surface area (Å²) in [6.45, 7) is 3.62. The number of hydrogen-bond acceptors (Lipinski definition) is 3. The van der Waals surface area contributed by atoms with Crippen LogP contribution in [0.15, 0.2) is 52.2 Å². The zero-order valence-electron chi connectivity index (χ0n) is 13.1. The number of aromatic nitrogens is 1. The van der Waals surface area contributed by atoms with Gasteiger partial charge in [-0.05, 0) is 49.2 Å². The SMILES string of the molecule is Cc1cccc(NS(=O)(=O)c2cc3c(C)cc(=O)[nH]c3cc2Cl)c1. The van der Waals surface area contributed by atoms with Gasteiger partial charge in [-0.1, -0.05) is 23.7 Å². The molecule has 3 rings (SSSR count). The van der Waals surface area contributed by atoms with Crippen molar-refractivity contribution in [2.45, 2.75) is 18.7 Å². The van der Waals surface area contributed by atoms with E-state index in [1.165, 1.54) is 18.2 Å². The second kappa shape index (κ2) is 5.96. The maximum Gasteiger partial charge on any atom is 0.263 e. The number of hydrogen-bond donors (Lipinski definition) is 2. The molecule has 124 valence electrons. The van der Waals surface area contributed by atoms with Crippen LogP contribution in [0, 0.1) is 13.8 Å². The van der Waals surface area contributed by atoms with Gasteiger partial charge in [-0.15, -0.1) is 0 Å². The monoisotopic (exact) mass is 362 g/mol. The first kappa shape index (κ1) is 16.5. The number of anilines is 1. The highest BCUT2D eigenvalue weighted by Gasteiger charge is 2.20. The Bertz CT molecular complexity index is 1100. The average Bonchev–Trinajstić information content (AvgIpc) is 2.45. The van der Waals surface area contributed by atoms with Gasteiger partial charge in [-0.3, -0.25) is 9.52 Å². The van der Waals surface area contributed by atoms with Crippen LogP contribution in [0.1, 0.15) is 11.1 Å². The molecular weight excluding hydrogens is 348 g/mol. The zero-order valence-corrected chi connectivity index (χ0v) is 14.6. The van der Waals surface area contributed by atoms with Gasteiger partial charge in [0.05, 0.1) is 10.5 Å². The topological polar surface area (TPSA) is 79.0 Å². The van der Waals surface area contributed by atoms with E-state index in [2.05, 4.69) is 9.71 Å². The predicted octanol–water partition coefficient (Wildman–Crippen LogP) is 3.60. The molecule has 2 N–H and O–H groups in total. The summed E-state index contributed by atoms with van der Waals surface area (Å²) in [7, 11) is -3.85. The summed E-state index contributed by atoms with van der Waals surface area (Å²) in [4.78, 5) is 14.2. The minimum Gasteiger partial charge on any atom is -0.322 e. The van der Waals surface area contributed by atoms with Crippen molar-refractivity contribution in [2.24, 2.45) is 0 Å². The number of aromatic amines is 1. The highest BCUT2D eigenvalue weighted by atomic mass is 35.5. The van der Waals surface area contributed by atoms with Gasteiger partial charge in [0.15, 0.2) is 0 Å². The Kier molecular flexibility index (Phi) is 4.11. The Balaban J connectivity index is 2.14. The lowest BCUT2D eigenvalue weighted by atomic mass is 10.1. The maximum absolute atomic E-state index is 12.7. The molecule has 0 saturated heterocycles.